The third-order valence-electron chi connectivity index (χ3n) is 4.00. The number of halogens is 1. The van der Waals surface area contributed by atoms with Crippen molar-refractivity contribution in [3.8, 4) is 5.75 Å². The van der Waals surface area contributed by atoms with E-state index in [1.54, 1.807) is 0 Å². The maximum atomic E-state index is 6.02. The first-order valence-corrected chi connectivity index (χ1v) is 7.09. The van der Waals surface area contributed by atoms with Gasteiger partial charge in [-0.3, -0.25) is 0 Å². The number of aliphatic imine (C=N–C) groups is 1. The molecule has 0 aromatic heterocycles. The number of para-hydroxylation sites is 1. The average Bonchev–Trinajstić information content (AvgIpc) is 3.17. The molecule has 0 saturated heterocycles. The summed E-state index contributed by atoms with van der Waals surface area (Å²) in [5.74, 6) is 2.28. The van der Waals surface area contributed by atoms with Crippen molar-refractivity contribution in [1.82, 2.24) is 5.32 Å². The van der Waals surface area contributed by atoms with E-state index >= 15 is 0 Å². The molecule has 110 valence electrons. The van der Waals surface area contributed by atoms with E-state index in [1.165, 1.54) is 12.8 Å². The third kappa shape index (κ3) is 3.37. The Bertz CT molecular complexity index is 492. The zero-order chi connectivity index (χ0) is 13.2. The van der Waals surface area contributed by atoms with Gasteiger partial charge in [0.15, 0.2) is 5.96 Å². The number of hydrogen-bond donors (Lipinski definition) is 2. The highest BCUT2D eigenvalue weighted by Gasteiger charge is 2.35. The van der Waals surface area contributed by atoms with E-state index in [1.807, 2.05) is 18.2 Å². The summed E-state index contributed by atoms with van der Waals surface area (Å²) in [4.78, 5) is 4.63. The fourth-order valence-corrected chi connectivity index (χ4v) is 2.73. The Balaban J connectivity index is 0.00000147. The highest BCUT2D eigenvalue weighted by molar-refractivity contribution is 14.0. The summed E-state index contributed by atoms with van der Waals surface area (Å²) in [6.07, 6.45) is 3.32. The van der Waals surface area contributed by atoms with Crippen LogP contribution in [-0.4, -0.2) is 18.6 Å². The first-order valence-electron chi connectivity index (χ1n) is 7.09. The molecule has 2 aliphatic rings. The first-order chi connectivity index (χ1) is 9.28. The molecule has 3 atom stereocenters. The molecule has 20 heavy (non-hydrogen) atoms. The van der Waals surface area contributed by atoms with Gasteiger partial charge in [0.2, 0.25) is 0 Å². The van der Waals surface area contributed by atoms with Crippen molar-refractivity contribution in [3.63, 3.8) is 0 Å². The van der Waals surface area contributed by atoms with Crippen molar-refractivity contribution >= 4 is 29.9 Å². The zero-order valence-electron chi connectivity index (χ0n) is 11.7. The molecule has 1 fully saturated rings. The second kappa shape index (κ2) is 6.65. The average molecular weight is 387 g/mol. The van der Waals surface area contributed by atoms with Crippen molar-refractivity contribution in [2.75, 3.05) is 6.61 Å². The highest BCUT2D eigenvalue weighted by Crippen LogP contribution is 2.35. The quantitative estimate of drug-likeness (QED) is 0.477. The smallest absolute Gasteiger partial charge is 0.189 e. The first kappa shape index (κ1) is 15.4. The maximum absolute atomic E-state index is 6.02. The predicted molar refractivity (Wildman–Crippen MR) is 91.7 cm³/mol. The molecule has 1 saturated carbocycles. The van der Waals surface area contributed by atoms with Gasteiger partial charge in [-0.1, -0.05) is 31.5 Å². The molecule has 3 rings (SSSR count). The van der Waals surface area contributed by atoms with Crippen LogP contribution in [0.3, 0.4) is 0 Å². The number of ether oxygens (including phenoxy) is 1. The van der Waals surface area contributed by atoms with Crippen LogP contribution >= 0.6 is 24.0 Å². The van der Waals surface area contributed by atoms with Crippen LogP contribution in [0.2, 0.25) is 0 Å². The molecule has 1 aromatic rings. The number of rotatable bonds is 3. The van der Waals surface area contributed by atoms with E-state index in [9.17, 15) is 0 Å². The lowest BCUT2D eigenvalue weighted by Gasteiger charge is -2.23. The summed E-state index contributed by atoms with van der Waals surface area (Å²) >= 11 is 0. The Morgan fingerprint density at radius 3 is 3.00 bits per heavy atom. The van der Waals surface area contributed by atoms with Crippen LogP contribution in [0, 0.1) is 5.92 Å². The molecule has 0 radical (unpaired) electrons. The summed E-state index contributed by atoms with van der Waals surface area (Å²) in [6, 6.07) is 8.73. The number of nitrogens with one attached hydrogen (secondary N) is 1. The molecule has 1 aliphatic heterocycles. The van der Waals surface area contributed by atoms with Crippen LogP contribution in [0.1, 0.15) is 37.8 Å². The van der Waals surface area contributed by atoms with Gasteiger partial charge in [-0.25, -0.2) is 4.99 Å². The number of benzene rings is 1. The fourth-order valence-electron chi connectivity index (χ4n) is 2.73. The van der Waals surface area contributed by atoms with Crippen LogP contribution in [0.5, 0.6) is 5.75 Å². The van der Waals surface area contributed by atoms with E-state index in [4.69, 9.17) is 10.5 Å². The Labute approximate surface area is 137 Å². The van der Waals surface area contributed by atoms with Gasteiger partial charge in [0.1, 0.15) is 5.75 Å². The standard InChI is InChI=1S/C15H21N3O.HI/c1-2-10-9-13(10)18-15(16)17-12-7-8-19-14-6-4-3-5-11(12)14;/h3-6,10,12-13H,2,7-9H2,1H3,(H3,16,17,18);1H/t10-,12?,13-;/m1./s1. The number of nitrogens with zero attached hydrogens (tertiary/aromatic N) is 1. The molecule has 0 spiro atoms. The van der Waals surface area contributed by atoms with E-state index in [-0.39, 0.29) is 30.0 Å². The molecule has 1 unspecified atom stereocenters. The van der Waals surface area contributed by atoms with E-state index in [2.05, 4.69) is 23.3 Å². The van der Waals surface area contributed by atoms with E-state index < -0.39 is 0 Å². The summed E-state index contributed by atoms with van der Waals surface area (Å²) in [6.45, 7) is 2.92. The second-order valence-electron chi connectivity index (χ2n) is 5.36. The Morgan fingerprint density at radius 2 is 2.25 bits per heavy atom. The summed E-state index contributed by atoms with van der Waals surface area (Å²) < 4.78 is 5.63. The number of hydrogen-bond acceptors (Lipinski definition) is 2. The van der Waals surface area contributed by atoms with Crippen molar-refractivity contribution in [2.24, 2.45) is 16.6 Å². The lowest BCUT2D eigenvalue weighted by atomic mass is 10.0. The minimum absolute atomic E-state index is 0. The van der Waals surface area contributed by atoms with Crippen molar-refractivity contribution in [1.29, 1.82) is 0 Å². The molecule has 3 N–H and O–H groups in total. The van der Waals surface area contributed by atoms with E-state index in [0.29, 0.717) is 18.6 Å². The number of nitrogens with two attached hydrogens (primary N) is 1. The van der Waals surface area contributed by atoms with Crippen LogP contribution in [0.15, 0.2) is 29.3 Å². The fraction of sp³-hybridized carbons (Fsp3) is 0.533. The van der Waals surface area contributed by atoms with Gasteiger partial charge in [0.05, 0.1) is 12.6 Å². The zero-order valence-corrected chi connectivity index (χ0v) is 14.0. The van der Waals surface area contributed by atoms with Crippen molar-refractivity contribution < 1.29 is 4.74 Å². The SMILES string of the molecule is CC[C@@H]1C[C@H]1NC(N)=NC1CCOc2ccccc21.I. The lowest BCUT2D eigenvalue weighted by Crippen LogP contribution is -2.35. The number of fused-ring (bicyclic) bond motifs is 1. The molecular formula is C15H22IN3O. The van der Waals surface area contributed by atoms with Crippen molar-refractivity contribution in [3.05, 3.63) is 29.8 Å². The largest absolute Gasteiger partial charge is 0.493 e. The molecule has 1 aromatic carbocycles. The maximum Gasteiger partial charge on any atom is 0.189 e. The van der Waals surface area contributed by atoms with Gasteiger partial charge in [0.25, 0.3) is 0 Å². The normalized spacial score (nSPS) is 27.9. The Kier molecular flexibility index (Phi) is 5.12. The van der Waals surface area contributed by atoms with Crippen LogP contribution in [0.25, 0.3) is 0 Å². The third-order valence-corrected chi connectivity index (χ3v) is 4.00. The summed E-state index contributed by atoms with van der Waals surface area (Å²) in [5, 5.41) is 3.32. The summed E-state index contributed by atoms with van der Waals surface area (Å²) in [7, 11) is 0. The molecule has 0 bridgehead atoms. The monoisotopic (exact) mass is 387 g/mol. The molecule has 1 aliphatic carbocycles. The van der Waals surface area contributed by atoms with Crippen LogP contribution in [0.4, 0.5) is 0 Å². The second-order valence-corrected chi connectivity index (χ2v) is 5.36. The molecule has 1 heterocycles. The van der Waals surface area contributed by atoms with Crippen molar-refractivity contribution in [2.45, 2.75) is 38.3 Å². The van der Waals surface area contributed by atoms with Gasteiger partial charge in [-0.15, -0.1) is 24.0 Å². The van der Waals surface area contributed by atoms with Gasteiger partial charge in [-0.2, -0.15) is 0 Å². The topological polar surface area (TPSA) is 59.6 Å². The Morgan fingerprint density at radius 1 is 1.45 bits per heavy atom. The summed E-state index contributed by atoms with van der Waals surface area (Å²) in [5.41, 5.74) is 7.16. The number of guanidine groups is 1. The lowest BCUT2D eigenvalue weighted by molar-refractivity contribution is 0.269. The minimum Gasteiger partial charge on any atom is -0.493 e. The molecular weight excluding hydrogens is 365 g/mol. The molecule has 0 amide bonds. The van der Waals surface area contributed by atoms with Gasteiger partial charge < -0.3 is 15.8 Å². The van der Waals surface area contributed by atoms with Crippen LogP contribution < -0.4 is 15.8 Å². The Hall–Kier alpha value is -0.980. The van der Waals surface area contributed by atoms with Gasteiger partial charge in [-0.05, 0) is 18.4 Å². The van der Waals surface area contributed by atoms with Gasteiger partial charge in [0, 0.05) is 18.0 Å². The molecule has 5 heteroatoms. The predicted octanol–water partition coefficient (Wildman–Crippen LogP) is 2.83. The van der Waals surface area contributed by atoms with Gasteiger partial charge >= 0.3 is 0 Å². The van der Waals surface area contributed by atoms with Crippen LogP contribution in [-0.2, 0) is 0 Å². The van der Waals surface area contributed by atoms with E-state index in [0.717, 1.165) is 23.7 Å². The minimum atomic E-state index is 0. The molecule has 4 nitrogen and oxygen atoms in total. The highest BCUT2D eigenvalue weighted by atomic mass is 127.